The maximum Gasteiger partial charge on any atom is 0.163 e. The van der Waals surface area contributed by atoms with Crippen molar-refractivity contribution in [3.05, 3.63) is 210 Å². The van der Waals surface area contributed by atoms with Gasteiger partial charge in [-0.3, -0.25) is 0 Å². The van der Waals surface area contributed by atoms with Gasteiger partial charge in [0.2, 0.25) is 0 Å². The lowest BCUT2D eigenvalue weighted by Gasteiger charge is -2.45. The van der Waals surface area contributed by atoms with Gasteiger partial charge in [-0.2, -0.15) is 0 Å². The van der Waals surface area contributed by atoms with Gasteiger partial charge >= 0.3 is 0 Å². The van der Waals surface area contributed by atoms with Crippen LogP contribution in [0.3, 0.4) is 0 Å². The van der Waals surface area contributed by atoms with Gasteiger partial charge in [-0.15, -0.1) is 0 Å². The van der Waals surface area contributed by atoms with E-state index in [0.717, 1.165) is 61.4 Å². The highest BCUT2D eigenvalue weighted by Gasteiger charge is 2.46. The molecule has 5 heteroatoms. The number of benzene rings is 8. The zero-order chi connectivity index (χ0) is 44.7. The molecule has 17 rings (SSSR count). The molecule has 0 radical (unpaired) electrons. The van der Waals surface area contributed by atoms with E-state index in [9.17, 15) is 0 Å². The number of hydrogen-bond acceptors (Lipinski definition) is 4. The average molecular weight is 860 g/mol. The van der Waals surface area contributed by atoms with Crippen LogP contribution >= 0.6 is 0 Å². The molecule has 0 fully saturated rings. The van der Waals surface area contributed by atoms with E-state index in [-0.39, 0.29) is 17.8 Å². The summed E-state index contributed by atoms with van der Waals surface area (Å²) in [7, 11) is 0. The summed E-state index contributed by atoms with van der Waals surface area (Å²) in [6.45, 7) is 9.58. The summed E-state index contributed by atoms with van der Waals surface area (Å²) in [6.07, 6.45) is 4.79. The van der Waals surface area contributed by atoms with Crippen LogP contribution in [-0.4, -0.2) is 24.5 Å². The van der Waals surface area contributed by atoms with Gasteiger partial charge in [0.05, 0.1) is 27.7 Å². The number of fused-ring (bicyclic) bond motifs is 6. The molecule has 9 bridgehead atoms. The first-order valence-corrected chi connectivity index (χ1v) is 23.6. The van der Waals surface area contributed by atoms with Gasteiger partial charge in [0.1, 0.15) is 5.82 Å². The van der Waals surface area contributed by atoms with Crippen molar-refractivity contribution in [3.63, 3.8) is 0 Å². The number of nitrogens with zero attached hydrogens (tertiary/aromatic N) is 5. The van der Waals surface area contributed by atoms with Gasteiger partial charge in [-0.05, 0) is 105 Å². The molecule has 0 spiro atoms. The van der Waals surface area contributed by atoms with Crippen LogP contribution in [0.5, 0.6) is 0 Å². The van der Waals surface area contributed by atoms with Crippen molar-refractivity contribution in [2.45, 2.75) is 44.9 Å². The molecule has 4 atom stereocenters. The predicted octanol–water partition coefficient (Wildman–Crippen LogP) is 15.5. The first kappa shape index (κ1) is 38.3. The van der Waals surface area contributed by atoms with Crippen molar-refractivity contribution in [1.29, 1.82) is 0 Å². The van der Waals surface area contributed by atoms with Gasteiger partial charge in [0, 0.05) is 50.4 Å². The Hall–Kier alpha value is -8.02. The molecule has 4 unspecified atom stereocenters. The number of pyridine rings is 1. The maximum absolute atomic E-state index is 5.60. The van der Waals surface area contributed by atoms with Crippen LogP contribution < -0.4 is 0 Å². The monoisotopic (exact) mass is 859 g/mol. The van der Waals surface area contributed by atoms with Crippen LogP contribution in [0.25, 0.3) is 105 Å². The normalized spacial score (nSPS) is 19.4. The quantitative estimate of drug-likeness (QED) is 0.128. The molecule has 8 aromatic carbocycles. The summed E-state index contributed by atoms with van der Waals surface area (Å²) in [4.78, 5) is 22.0. The van der Waals surface area contributed by atoms with Gasteiger partial charge in [0.25, 0.3) is 0 Å². The average Bonchev–Trinajstić information content (AvgIpc) is 3.73. The zero-order valence-corrected chi connectivity index (χ0v) is 37.8. The number of rotatable bonds is 2. The molecular formula is C62H45N5. The second-order valence-corrected chi connectivity index (χ2v) is 19.1. The van der Waals surface area contributed by atoms with Crippen LogP contribution in [0.1, 0.15) is 56.5 Å². The first-order valence-electron chi connectivity index (χ1n) is 23.6. The number of aromatic nitrogens is 5. The molecule has 0 amide bonds. The summed E-state index contributed by atoms with van der Waals surface area (Å²) in [5.74, 6) is 2.56. The summed E-state index contributed by atoms with van der Waals surface area (Å²) >= 11 is 0. The Labute approximate surface area is 388 Å². The second kappa shape index (κ2) is 14.0. The van der Waals surface area contributed by atoms with Gasteiger partial charge in [-0.25, -0.2) is 19.9 Å². The Morgan fingerprint density at radius 3 is 1.82 bits per heavy atom. The van der Waals surface area contributed by atoms with Gasteiger partial charge in [-0.1, -0.05) is 166 Å². The molecule has 6 aliphatic rings. The van der Waals surface area contributed by atoms with Crippen molar-refractivity contribution in [2.24, 2.45) is 5.92 Å². The number of para-hydroxylation sites is 2. The van der Waals surface area contributed by atoms with E-state index in [0.29, 0.717) is 11.6 Å². The third-order valence-corrected chi connectivity index (χ3v) is 15.5. The highest BCUT2D eigenvalue weighted by atomic mass is 15.0. The molecule has 0 saturated heterocycles. The Kier molecular flexibility index (Phi) is 7.99. The SMILES string of the molecule is CC1C=CC2(C)C3=C1C(C)c1c(c4ccc(cc4c4ccccc14)-c1nc4ccccc4c4c5ccccc5n(c14)-c1ccc(cc1)-c1nc(-c4ccc(-c5ccccc5)cc4)nc2n1)C3C. The fraction of sp³-hybridized carbons (Fsp3) is 0.129. The third kappa shape index (κ3) is 5.37. The van der Waals surface area contributed by atoms with Crippen molar-refractivity contribution in [3.8, 4) is 50.8 Å². The van der Waals surface area contributed by atoms with Crippen LogP contribution in [0.15, 0.2) is 193 Å². The van der Waals surface area contributed by atoms with Gasteiger partial charge < -0.3 is 4.57 Å². The van der Waals surface area contributed by atoms with Crippen molar-refractivity contribution in [2.75, 3.05) is 0 Å². The Morgan fingerprint density at radius 2 is 1.06 bits per heavy atom. The van der Waals surface area contributed by atoms with E-state index in [2.05, 4.69) is 214 Å². The lowest BCUT2D eigenvalue weighted by atomic mass is 9.58. The molecule has 2 aliphatic carbocycles. The summed E-state index contributed by atoms with van der Waals surface area (Å²) in [5, 5.41) is 8.67. The van der Waals surface area contributed by atoms with Crippen molar-refractivity contribution < 1.29 is 0 Å². The minimum Gasteiger partial charge on any atom is -0.307 e. The Bertz CT molecular complexity index is 3970. The van der Waals surface area contributed by atoms with Crippen LogP contribution in [-0.2, 0) is 5.41 Å². The topological polar surface area (TPSA) is 56.5 Å². The minimum absolute atomic E-state index is 0.0663. The highest BCUT2D eigenvalue weighted by molar-refractivity contribution is 6.24. The lowest BCUT2D eigenvalue weighted by molar-refractivity contribution is 0.520. The van der Waals surface area contributed by atoms with Crippen molar-refractivity contribution >= 4 is 54.3 Å². The van der Waals surface area contributed by atoms with E-state index >= 15 is 0 Å². The standard InChI is InChI=1S/C62H45N5/c1-35-32-33-62(4)56-37(3)54-46-31-28-42(34-49(46)44-16-8-9-17-45(44)53(54)36(2)52(35)56)57-58-55(47-18-10-12-20-50(47)63-57)48-19-11-13-21-51(48)67(58)43-29-26-41(27-30-43)60-64-59(65-61(62)66-60)40-24-22-39(23-25-40)38-14-6-5-7-15-38/h5-37H,1-4H3. The fourth-order valence-electron chi connectivity index (χ4n) is 12.5. The maximum atomic E-state index is 5.60. The lowest BCUT2D eigenvalue weighted by Crippen LogP contribution is -2.36. The Balaban J connectivity index is 1.12. The Morgan fingerprint density at radius 1 is 0.478 bits per heavy atom. The summed E-state index contributed by atoms with van der Waals surface area (Å²) < 4.78 is 2.41. The molecule has 67 heavy (non-hydrogen) atoms. The molecule has 7 heterocycles. The van der Waals surface area contributed by atoms with Crippen LogP contribution in [0.4, 0.5) is 0 Å². The van der Waals surface area contributed by atoms with Crippen LogP contribution in [0.2, 0.25) is 0 Å². The third-order valence-electron chi connectivity index (χ3n) is 15.5. The van der Waals surface area contributed by atoms with E-state index in [4.69, 9.17) is 19.9 Å². The van der Waals surface area contributed by atoms with Crippen molar-refractivity contribution in [1.82, 2.24) is 24.5 Å². The number of hydrogen-bond donors (Lipinski definition) is 0. The van der Waals surface area contributed by atoms with Gasteiger partial charge in [0.15, 0.2) is 11.6 Å². The second-order valence-electron chi connectivity index (χ2n) is 19.1. The van der Waals surface area contributed by atoms with Crippen LogP contribution in [0, 0.1) is 5.92 Å². The largest absolute Gasteiger partial charge is 0.307 e. The van der Waals surface area contributed by atoms with E-state index in [1.165, 1.54) is 60.2 Å². The molecule has 5 nitrogen and oxygen atoms in total. The number of allylic oxidation sites excluding steroid dienone is 4. The first-order chi connectivity index (χ1) is 32.8. The molecule has 4 aliphatic heterocycles. The molecule has 0 N–H and O–H groups in total. The molecule has 0 saturated carbocycles. The molecule has 11 aromatic rings. The molecule has 318 valence electrons. The van der Waals surface area contributed by atoms with E-state index < -0.39 is 5.41 Å². The predicted molar refractivity (Wildman–Crippen MR) is 276 cm³/mol. The van der Waals surface area contributed by atoms with E-state index in [1.807, 2.05) is 0 Å². The smallest absolute Gasteiger partial charge is 0.163 e. The van der Waals surface area contributed by atoms with E-state index in [1.54, 1.807) is 0 Å². The molecule has 3 aromatic heterocycles. The zero-order valence-electron chi connectivity index (χ0n) is 37.8. The fourth-order valence-corrected chi connectivity index (χ4v) is 12.5. The summed E-state index contributed by atoms with van der Waals surface area (Å²) in [5.41, 5.74) is 15.6. The highest BCUT2D eigenvalue weighted by Crippen LogP contribution is 2.58. The summed E-state index contributed by atoms with van der Waals surface area (Å²) in [6, 6.07) is 61.6. The minimum atomic E-state index is -0.619. The molecular weight excluding hydrogens is 815 g/mol.